The molecule has 2 rings (SSSR count). The van der Waals surface area contributed by atoms with Crippen molar-refractivity contribution in [2.24, 2.45) is 0 Å². The molecule has 2 atom stereocenters. The molecule has 1 aromatic rings. The molecule has 0 fully saturated rings. The predicted molar refractivity (Wildman–Crippen MR) is 79.4 cm³/mol. The number of thiophene rings is 1. The van der Waals surface area contributed by atoms with Crippen LogP contribution in [0, 0.1) is 0 Å². The SMILES string of the molecule is O=C(Cc1cccs1)N[C@H]1CC=CC(CC(O)O)OB1O. The number of amides is 1. The molecular formula is C13H18BNO5S. The van der Waals surface area contributed by atoms with E-state index in [0.29, 0.717) is 6.42 Å². The lowest BCUT2D eigenvalue weighted by atomic mass is 9.77. The molecule has 21 heavy (non-hydrogen) atoms. The molecule has 1 aliphatic heterocycles. The second kappa shape index (κ2) is 7.72. The topological polar surface area (TPSA) is 99.0 Å². The van der Waals surface area contributed by atoms with Gasteiger partial charge in [0.25, 0.3) is 0 Å². The van der Waals surface area contributed by atoms with Gasteiger partial charge in [0.1, 0.15) is 0 Å². The van der Waals surface area contributed by atoms with Crippen molar-refractivity contribution in [2.45, 2.75) is 37.6 Å². The van der Waals surface area contributed by atoms with E-state index in [1.807, 2.05) is 17.5 Å². The summed E-state index contributed by atoms with van der Waals surface area (Å²) in [6, 6.07) is 3.76. The third-order valence-corrected chi connectivity index (χ3v) is 3.98. The average molecular weight is 311 g/mol. The molecule has 0 aliphatic carbocycles. The summed E-state index contributed by atoms with van der Waals surface area (Å²) in [7, 11) is -1.18. The van der Waals surface area contributed by atoms with E-state index in [-0.39, 0.29) is 18.7 Å². The number of aliphatic hydroxyl groups excluding tert-OH is 1. The van der Waals surface area contributed by atoms with Crippen molar-refractivity contribution in [1.82, 2.24) is 5.32 Å². The third-order valence-electron chi connectivity index (χ3n) is 3.10. The molecule has 0 bridgehead atoms. The first-order valence-corrected chi connectivity index (χ1v) is 7.60. The lowest BCUT2D eigenvalue weighted by Crippen LogP contribution is -2.48. The van der Waals surface area contributed by atoms with Gasteiger partial charge in [0, 0.05) is 11.3 Å². The quantitative estimate of drug-likeness (QED) is 0.344. The molecule has 1 aliphatic rings. The zero-order chi connectivity index (χ0) is 15.2. The van der Waals surface area contributed by atoms with Crippen molar-refractivity contribution in [3.8, 4) is 0 Å². The van der Waals surface area contributed by atoms with E-state index in [0.717, 1.165) is 4.88 Å². The Bertz CT molecular complexity index is 479. The zero-order valence-electron chi connectivity index (χ0n) is 11.4. The first-order valence-electron chi connectivity index (χ1n) is 6.72. The van der Waals surface area contributed by atoms with Crippen molar-refractivity contribution in [3.05, 3.63) is 34.5 Å². The highest BCUT2D eigenvalue weighted by molar-refractivity contribution is 7.10. The fourth-order valence-electron chi connectivity index (χ4n) is 2.11. The minimum atomic E-state index is -1.50. The van der Waals surface area contributed by atoms with Crippen molar-refractivity contribution in [2.75, 3.05) is 0 Å². The van der Waals surface area contributed by atoms with Gasteiger partial charge in [-0.05, 0) is 17.9 Å². The number of hydrogen-bond donors (Lipinski definition) is 4. The van der Waals surface area contributed by atoms with E-state index in [1.165, 1.54) is 11.3 Å². The van der Waals surface area contributed by atoms with E-state index in [2.05, 4.69) is 5.32 Å². The maximum Gasteiger partial charge on any atom is 0.478 e. The van der Waals surface area contributed by atoms with Crippen molar-refractivity contribution >= 4 is 24.4 Å². The Balaban J connectivity index is 1.86. The first-order chi connectivity index (χ1) is 10.0. The summed E-state index contributed by atoms with van der Waals surface area (Å²) >= 11 is 1.50. The molecule has 1 aromatic heterocycles. The summed E-state index contributed by atoms with van der Waals surface area (Å²) in [6.07, 6.45) is 2.01. The van der Waals surface area contributed by atoms with Crippen LogP contribution in [0.1, 0.15) is 17.7 Å². The second-order valence-corrected chi connectivity index (χ2v) is 5.91. The number of carbonyl (C=O) groups is 1. The van der Waals surface area contributed by atoms with Crippen LogP contribution >= 0.6 is 11.3 Å². The molecule has 2 heterocycles. The first kappa shape index (κ1) is 16.2. The van der Waals surface area contributed by atoms with E-state index in [9.17, 15) is 9.82 Å². The summed E-state index contributed by atoms with van der Waals surface area (Å²) in [5.74, 6) is -0.728. The van der Waals surface area contributed by atoms with Crippen LogP contribution in [0.25, 0.3) is 0 Å². The van der Waals surface area contributed by atoms with Crippen LogP contribution in [0.5, 0.6) is 0 Å². The number of nitrogens with one attached hydrogen (secondary N) is 1. The van der Waals surface area contributed by atoms with Gasteiger partial charge < -0.3 is 25.2 Å². The molecule has 0 saturated carbocycles. The van der Waals surface area contributed by atoms with Gasteiger partial charge in [-0.1, -0.05) is 18.2 Å². The van der Waals surface area contributed by atoms with Gasteiger partial charge >= 0.3 is 7.12 Å². The molecule has 0 spiro atoms. The van der Waals surface area contributed by atoms with E-state index in [4.69, 9.17) is 14.9 Å². The Morgan fingerprint density at radius 3 is 3.05 bits per heavy atom. The van der Waals surface area contributed by atoms with Gasteiger partial charge in [-0.25, -0.2) is 0 Å². The largest absolute Gasteiger partial charge is 0.478 e. The molecule has 0 aromatic carbocycles. The third kappa shape index (κ3) is 5.26. The van der Waals surface area contributed by atoms with Crippen molar-refractivity contribution in [1.29, 1.82) is 0 Å². The van der Waals surface area contributed by atoms with Crippen LogP contribution in [-0.2, 0) is 15.9 Å². The van der Waals surface area contributed by atoms with E-state index < -0.39 is 25.5 Å². The molecule has 0 saturated heterocycles. The van der Waals surface area contributed by atoms with E-state index in [1.54, 1.807) is 12.2 Å². The second-order valence-electron chi connectivity index (χ2n) is 4.88. The fraction of sp³-hybridized carbons (Fsp3) is 0.462. The predicted octanol–water partition coefficient (Wildman–Crippen LogP) is -0.159. The van der Waals surface area contributed by atoms with Crippen LogP contribution in [0.4, 0.5) is 0 Å². The van der Waals surface area contributed by atoms with Gasteiger partial charge in [0.05, 0.1) is 18.5 Å². The summed E-state index contributed by atoms with van der Waals surface area (Å²) in [4.78, 5) is 12.9. The number of hydrogen-bond acceptors (Lipinski definition) is 6. The highest BCUT2D eigenvalue weighted by Gasteiger charge is 2.32. The molecule has 0 radical (unpaired) electrons. The molecule has 6 nitrogen and oxygen atoms in total. The Kier molecular flexibility index (Phi) is 5.95. The highest BCUT2D eigenvalue weighted by Crippen LogP contribution is 2.14. The maximum absolute atomic E-state index is 11.9. The summed E-state index contributed by atoms with van der Waals surface area (Å²) in [5.41, 5.74) is 0. The standard InChI is InChI=1S/C13H18BNO5S/c16-12(8-10-4-2-6-21-10)15-11-5-1-3-9(7-13(17)18)20-14(11)19/h1-4,6,9,11,13,17-19H,5,7-8H2,(H,15,16)/t9?,11-/m0/s1. The highest BCUT2D eigenvalue weighted by atomic mass is 32.1. The summed E-state index contributed by atoms with van der Waals surface area (Å²) in [6.45, 7) is 0. The fourth-order valence-corrected chi connectivity index (χ4v) is 2.82. The summed E-state index contributed by atoms with van der Waals surface area (Å²) < 4.78 is 5.31. The molecule has 114 valence electrons. The molecule has 1 amide bonds. The van der Waals surface area contributed by atoms with E-state index >= 15 is 0 Å². The Morgan fingerprint density at radius 1 is 1.57 bits per heavy atom. The normalized spacial score (nSPS) is 22.4. The van der Waals surface area contributed by atoms with Crippen molar-refractivity contribution < 1.29 is 24.7 Å². The maximum atomic E-state index is 11.9. The van der Waals surface area contributed by atoms with Crippen molar-refractivity contribution in [3.63, 3.8) is 0 Å². The monoisotopic (exact) mass is 311 g/mol. The van der Waals surface area contributed by atoms with Gasteiger partial charge in [-0.15, -0.1) is 11.3 Å². The number of rotatable bonds is 5. The Morgan fingerprint density at radius 2 is 2.38 bits per heavy atom. The molecule has 1 unspecified atom stereocenters. The Labute approximate surface area is 127 Å². The van der Waals surface area contributed by atoms with Crippen LogP contribution in [0.15, 0.2) is 29.7 Å². The van der Waals surface area contributed by atoms with Crippen LogP contribution in [0.3, 0.4) is 0 Å². The van der Waals surface area contributed by atoms with Gasteiger partial charge in [-0.2, -0.15) is 0 Å². The van der Waals surface area contributed by atoms with Crippen LogP contribution in [-0.4, -0.2) is 46.6 Å². The Hall–Kier alpha value is -1.19. The number of aliphatic hydroxyl groups is 2. The average Bonchev–Trinajstić information content (AvgIpc) is 2.83. The van der Waals surface area contributed by atoms with Gasteiger partial charge in [0.15, 0.2) is 6.29 Å². The lowest BCUT2D eigenvalue weighted by molar-refractivity contribution is -0.120. The zero-order valence-corrected chi connectivity index (χ0v) is 12.2. The van der Waals surface area contributed by atoms with Gasteiger partial charge in [0.2, 0.25) is 5.91 Å². The minimum absolute atomic E-state index is 0.0244. The number of carbonyl (C=O) groups excluding carboxylic acids is 1. The van der Waals surface area contributed by atoms with Crippen LogP contribution in [0.2, 0.25) is 0 Å². The molecule has 8 heteroatoms. The van der Waals surface area contributed by atoms with Gasteiger partial charge in [-0.3, -0.25) is 4.79 Å². The smallest absolute Gasteiger partial charge is 0.426 e. The van der Waals surface area contributed by atoms with Crippen LogP contribution < -0.4 is 5.32 Å². The lowest BCUT2D eigenvalue weighted by Gasteiger charge is -2.21. The molecular weight excluding hydrogens is 293 g/mol. The minimum Gasteiger partial charge on any atom is -0.426 e. The summed E-state index contributed by atoms with van der Waals surface area (Å²) in [5, 5.41) is 32.5. The molecule has 4 N–H and O–H groups in total.